The molecule has 2 heterocycles. The fourth-order valence-corrected chi connectivity index (χ4v) is 4.02. The van der Waals surface area contributed by atoms with Crippen LogP contribution in [-0.2, 0) is 17.6 Å². The minimum atomic E-state index is 0.111. The van der Waals surface area contributed by atoms with Crippen LogP contribution in [0, 0.1) is 5.92 Å². The molecule has 1 amide bonds. The summed E-state index contributed by atoms with van der Waals surface area (Å²) in [6.07, 6.45) is 2.87. The molecule has 0 radical (unpaired) electrons. The number of aryl methyl sites for hydroxylation is 2. The number of carbonyl (C=O) groups is 1. The third-order valence-electron chi connectivity index (χ3n) is 5.37. The lowest BCUT2D eigenvalue weighted by Crippen LogP contribution is -2.37. The van der Waals surface area contributed by atoms with Crippen molar-refractivity contribution in [2.45, 2.75) is 19.3 Å². The van der Waals surface area contributed by atoms with Gasteiger partial charge in [0.25, 0.3) is 0 Å². The van der Waals surface area contributed by atoms with Gasteiger partial charge in [-0.25, -0.2) is 0 Å². The first-order chi connectivity index (χ1) is 12.3. The van der Waals surface area contributed by atoms with Crippen LogP contribution in [0.4, 0.5) is 11.4 Å². The summed E-state index contributed by atoms with van der Waals surface area (Å²) in [4.78, 5) is 17.3. The molecule has 2 aliphatic heterocycles. The zero-order valence-corrected chi connectivity index (χ0v) is 14.4. The summed E-state index contributed by atoms with van der Waals surface area (Å²) in [7, 11) is 0. The molecule has 0 aliphatic carbocycles. The highest BCUT2D eigenvalue weighted by atomic mass is 16.3. The van der Waals surface area contributed by atoms with E-state index in [4.69, 9.17) is 0 Å². The van der Waals surface area contributed by atoms with Gasteiger partial charge in [-0.15, -0.1) is 0 Å². The molecule has 4 rings (SSSR count). The number of rotatable bonds is 3. The molecule has 1 unspecified atom stereocenters. The third kappa shape index (κ3) is 3.20. The maximum absolute atomic E-state index is 13.2. The number of fused-ring (bicyclic) bond motifs is 2. The minimum absolute atomic E-state index is 0.111. The summed E-state index contributed by atoms with van der Waals surface area (Å²) in [6, 6.07) is 16.5. The molecule has 0 spiro atoms. The Hall–Kier alpha value is -2.17. The van der Waals surface area contributed by atoms with Crippen molar-refractivity contribution in [3.63, 3.8) is 0 Å². The number of aliphatic hydroxyl groups is 1. The van der Waals surface area contributed by atoms with Crippen molar-refractivity contribution in [1.82, 2.24) is 4.90 Å². The minimum Gasteiger partial charge on any atom is -0.396 e. The first-order valence-corrected chi connectivity index (χ1v) is 9.08. The smallest absolute Gasteiger partial charge is 0.245 e. The van der Waals surface area contributed by atoms with Gasteiger partial charge in [-0.05, 0) is 55.0 Å². The van der Waals surface area contributed by atoms with Crippen LogP contribution in [-0.4, -0.2) is 42.2 Å². The summed E-state index contributed by atoms with van der Waals surface area (Å²) >= 11 is 0. The molecular formula is C21H24N2O2. The molecule has 1 atom stereocenters. The predicted octanol–water partition coefficient (Wildman–Crippen LogP) is 2.76. The standard InChI is InChI=1S/C21H24N2O2/c24-15-16-11-12-22(13-16)14-21(25)23-19-7-3-1-5-17(19)9-10-18-6-2-4-8-20(18)23/h1-8,16,24H,9-15H2. The highest BCUT2D eigenvalue weighted by Crippen LogP contribution is 2.36. The molecular weight excluding hydrogens is 312 g/mol. The lowest BCUT2D eigenvalue weighted by atomic mass is 10.0. The number of likely N-dealkylation sites (tertiary alicyclic amines) is 1. The van der Waals surface area contributed by atoms with Gasteiger partial charge in [0.15, 0.2) is 0 Å². The molecule has 2 aromatic carbocycles. The molecule has 25 heavy (non-hydrogen) atoms. The first kappa shape index (κ1) is 16.3. The molecule has 2 aromatic rings. The van der Waals surface area contributed by atoms with Gasteiger partial charge >= 0.3 is 0 Å². The lowest BCUT2D eigenvalue weighted by molar-refractivity contribution is -0.118. The molecule has 0 saturated carbocycles. The molecule has 1 fully saturated rings. The van der Waals surface area contributed by atoms with E-state index in [2.05, 4.69) is 29.2 Å². The molecule has 4 nitrogen and oxygen atoms in total. The van der Waals surface area contributed by atoms with Gasteiger partial charge in [-0.3, -0.25) is 14.6 Å². The highest BCUT2D eigenvalue weighted by Gasteiger charge is 2.29. The number of hydrogen-bond donors (Lipinski definition) is 1. The fourth-order valence-electron chi connectivity index (χ4n) is 4.02. The monoisotopic (exact) mass is 336 g/mol. The Kier molecular flexibility index (Phi) is 4.55. The van der Waals surface area contributed by atoms with Crippen LogP contribution in [0.3, 0.4) is 0 Å². The molecule has 130 valence electrons. The van der Waals surface area contributed by atoms with Gasteiger partial charge in [-0.2, -0.15) is 0 Å². The van der Waals surface area contributed by atoms with Crippen LogP contribution in [0.2, 0.25) is 0 Å². The van der Waals surface area contributed by atoms with Crippen LogP contribution >= 0.6 is 0 Å². The van der Waals surface area contributed by atoms with Crippen LogP contribution < -0.4 is 4.90 Å². The average Bonchev–Trinajstić information content (AvgIpc) is 3.02. The van der Waals surface area contributed by atoms with Crippen molar-refractivity contribution in [3.05, 3.63) is 59.7 Å². The zero-order valence-electron chi connectivity index (χ0n) is 14.4. The Morgan fingerprint density at radius 3 is 2.16 bits per heavy atom. The van der Waals surface area contributed by atoms with Crippen LogP contribution in [0.1, 0.15) is 17.5 Å². The molecule has 2 aliphatic rings. The number of aliphatic hydroxyl groups excluding tert-OH is 1. The Labute approximate surface area is 148 Å². The summed E-state index contributed by atoms with van der Waals surface area (Å²) < 4.78 is 0. The molecule has 1 saturated heterocycles. The number of nitrogens with zero attached hydrogens (tertiary/aromatic N) is 2. The van der Waals surface area contributed by atoms with Crippen LogP contribution in [0.25, 0.3) is 0 Å². The summed E-state index contributed by atoms with van der Waals surface area (Å²) in [5.74, 6) is 0.414. The van der Waals surface area contributed by atoms with E-state index in [-0.39, 0.29) is 12.5 Å². The quantitative estimate of drug-likeness (QED) is 0.937. The van der Waals surface area contributed by atoms with Gasteiger partial charge in [0, 0.05) is 13.2 Å². The normalized spacial score (nSPS) is 20.0. The topological polar surface area (TPSA) is 43.8 Å². The molecule has 0 aromatic heterocycles. The van der Waals surface area contributed by atoms with E-state index in [0.29, 0.717) is 12.5 Å². The maximum Gasteiger partial charge on any atom is 0.245 e. The van der Waals surface area contributed by atoms with Crippen LogP contribution in [0.15, 0.2) is 48.5 Å². The summed E-state index contributed by atoms with van der Waals surface area (Å²) in [5.41, 5.74) is 4.47. The molecule has 4 heteroatoms. The fraction of sp³-hybridized carbons (Fsp3) is 0.381. The Bertz CT molecular complexity index is 726. The number of para-hydroxylation sites is 2. The number of anilines is 2. The maximum atomic E-state index is 13.2. The van der Waals surface area contributed by atoms with E-state index in [1.807, 2.05) is 29.2 Å². The molecule has 1 N–H and O–H groups in total. The number of carbonyl (C=O) groups excluding carboxylic acids is 1. The lowest BCUT2D eigenvalue weighted by Gasteiger charge is -2.27. The van der Waals surface area contributed by atoms with Gasteiger partial charge in [0.05, 0.1) is 17.9 Å². The number of hydrogen-bond acceptors (Lipinski definition) is 3. The molecule has 0 bridgehead atoms. The highest BCUT2D eigenvalue weighted by molar-refractivity contribution is 6.03. The number of benzene rings is 2. The largest absolute Gasteiger partial charge is 0.396 e. The average molecular weight is 336 g/mol. The second-order valence-corrected chi connectivity index (χ2v) is 7.06. The van der Waals surface area contributed by atoms with Gasteiger partial charge < -0.3 is 5.11 Å². The van der Waals surface area contributed by atoms with Crippen molar-refractivity contribution < 1.29 is 9.90 Å². The first-order valence-electron chi connectivity index (χ1n) is 9.08. The van der Waals surface area contributed by atoms with E-state index >= 15 is 0 Å². The van der Waals surface area contributed by atoms with E-state index < -0.39 is 0 Å². The van der Waals surface area contributed by atoms with E-state index in [0.717, 1.165) is 43.7 Å². The van der Waals surface area contributed by atoms with E-state index in [1.54, 1.807) is 0 Å². The van der Waals surface area contributed by atoms with E-state index in [9.17, 15) is 9.90 Å². The van der Waals surface area contributed by atoms with Crippen molar-refractivity contribution in [2.24, 2.45) is 5.92 Å². The van der Waals surface area contributed by atoms with Gasteiger partial charge in [-0.1, -0.05) is 36.4 Å². The summed E-state index contributed by atoms with van der Waals surface area (Å²) in [6.45, 7) is 2.30. The second-order valence-electron chi connectivity index (χ2n) is 7.06. The number of amides is 1. The van der Waals surface area contributed by atoms with Crippen molar-refractivity contribution in [2.75, 3.05) is 31.1 Å². The van der Waals surface area contributed by atoms with Gasteiger partial charge in [0.2, 0.25) is 5.91 Å². The van der Waals surface area contributed by atoms with Crippen molar-refractivity contribution in [1.29, 1.82) is 0 Å². The Morgan fingerprint density at radius 1 is 1.00 bits per heavy atom. The van der Waals surface area contributed by atoms with Crippen LogP contribution in [0.5, 0.6) is 0 Å². The van der Waals surface area contributed by atoms with Crippen molar-refractivity contribution in [3.8, 4) is 0 Å². The zero-order chi connectivity index (χ0) is 17.2. The van der Waals surface area contributed by atoms with E-state index in [1.165, 1.54) is 11.1 Å². The second kappa shape index (κ2) is 6.98. The Morgan fingerprint density at radius 2 is 1.60 bits per heavy atom. The van der Waals surface area contributed by atoms with Crippen molar-refractivity contribution >= 4 is 17.3 Å². The Balaban J connectivity index is 1.66. The van der Waals surface area contributed by atoms with Gasteiger partial charge in [0.1, 0.15) is 0 Å². The third-order valence-corrected chi connectivity index (χ3v) is 5.37. The predicted molar refractivity (Wildman–Crippen MR) is 99.1 cm³/mol. The SMILES string of the molecule is O=C(CN1CCC(CO)C1)N1c2ccccc2CCc2ccccc21. The summed E-state index contributed by atoms with van der Waals surface area (Å²) in [5, 5.41) is 9.34.